The predicted octanol–water partition coefficient (Wildman–Crippen LogP) is 6.20. The first kappa shape index (κ1) is 25.7. The van der Waals surface area contributed by atoms with Gasteiger partial charge in [-0.1, -0.05) is 79.2 Å². The average Bonchev–Trinajstić information content (AvgIpc) is 2.82. The first-order valence-corrected chi connectivity index (χ1v) is 12.3. The molecule has 3 aromatic carbocycles. The number of nitrogens with one attached hydrogen (secondary N) is 2. The second-order valence-electron chi connectivity index (χ2n) is 8.69. The number of thiocarbonyl (C=S) groups is 1. The topological polar surface area (TPSA) is 54.9 Å². The third-order valence-electron chi connectivity index (χ3n) is 4.97. The lowest BCUT2D eigenvalue weighted by molar-refractivity contribution is 0.217. The molecule has 0 bridgehead atoms. The van der Waals surface area contributed by atoms with E-state index in [0.29, 0.717) is 30.6 Å². The molecular formula is C27H30BrN3O2S. The molecule has 0 radical (unpaired) electrons. The lowest BCUT2D eigenvalue weighted by Gasteiger charge is -2.19. The molecule has 0 unspecified atom stereocenters. The Labute approximate surface area is 215 Å². The first-order chi connectivity index (χ1) is 16.3. The number of hydrogen-bond donors (Lipinski definition) is 2. The van der Waals surface area contributed by atoms with Crippen LogP contribution in [0.15, 0.2) is 82.4 Å². The van der Waals surface area contributed by atoms with Crippen molar-refractivity contribution in [1.82, 2.24) is 10.7 Å². The van der Waals surface area contributed by atoms with E-state index >= 15 is 0 Å². The van der Waals surface area contributed by atoms with Gasteiger partial charge in [-0.25, -0.2) is 0 Å². The van der Waals surface area contributed by atoms with Gasteiger partial charge in [0, 0.05) is 16.6 Å². The van der Waals surface area contributed by atoms with Crippen LogP contribution in [0.3, 0.4) is 0 Å². The quantitative estimate of drug-likeness (QED) is 0.147. The zero-order chi connectivity index (χ0) is 24.4. The summed E-state index contributed by atoms with van der Waals surface area (Å²) in [7, 11) is 0. The molecule has 0 amide bonds. The molecule has 0 saturated carbocycles. The van der Waals surface area contributed by atoms with Gasteiger partial charge >= 0.3 is 0 Å². The van der Waals surface area contributed by atoms with Crippen LogP contribution >= 0.6 is 28.1 Å². The summed E-state index contributed by atoms with van der Waals surface area (Å²) in [6.45, 7) is 8.06. The van der Waals surface area contributed by atoms with E-state index in [0.717, 1.165) is 21.3 Å². The molecule has 178 valence electrons. The van der Waals surface area contributed by atoms with Gasteiger partial charge in [0.05, 0.1) is 6.21 Å². The highest BCUT2D eigenvalue weighted by atomic mass is 79.9. The molecule has 2 N–H and O–H groups in total. The zero-order valence-corrected chi connectivity index (χ0v) is 22.1. The van der Waals surface area contributed by atoms with Gasteiger partial charge in [-0.05, 0) is 59.1 Å². The molecule has 3 rings (SSSR count). The molecule has 0 aliphatic rings. The maximum Gasteiger partial charge on any atom is 0.187 e. The van der Waals surface area contributed by atoms with E-state index in [1.807, 2.05) is 60.7 Å². The molecule has 0 heterocycles. The third kappa shape index (κ3) is 8.47. The monoisotopic (exact) mass is 539 g/mol. The Morgan fingerprint density at radius 3 is 2.38 bits per heavy atom. The van der Waals surface area contributed by atoms with Crippen molar-refractivity contribution in [2.24, 2.45) is 5.10 Å². The maximum absolute atomic E-state index is 5.94. The van der Waals surface area contributed by atoms with E-state index in [1.54, 1.807) is 6.21 Å². The summed E-state index contributed by atoms with van der Waals surface area (Å²) in [5, 5.41) is 7.83. The summed E-state index contributed by atoms with van der Waals surface area (Å²) in [5.74, 6) is 1.54. The van der Waals surface area contributed by atoms with Crippen molar-refractivity contribution in [1.29, 1.82) is 0 Å². The highest BCUT2D eigenvalue weighted by Crippen LogP contribution is 2.24. The normalized spacial score (nSPS) is 11.3. The highest BCUT2D eigenvalue weighted by Gasteiger charge is 2.13. The summed E-state index contributed by atoms with van der Waals surface area (Å²) >= 11 is 8.79. The van der Waals surface area contributed by atoms with Crippen LogP contribution in [0, 0.1) is 0 Å². The van der Waals surface area contributed by atoms with Crippen molar-refractivity contribution in [3.63, 3.8) is 0 Å². The molecule has 0 spiro atoms. The number of ether oxygens (including phenoxy) is 2. The molecule has 3 aromatic rings. The maximum atomic E-state index is 5.94. The highest BCUT2D eigenvalue weighted by molar-refractivity contribution is 9.10. The van der Waals surface area contributed by atoms with Crippen molar-refractivity contribution < 1.29 is 9.47 Å². The summed E-state index contributed by atoms with van der Waals surface area (Å²) < 4.78 is 12.7. The predicted molar refractivity (Wildman–Crippen MR) is 147 cm³/mol. The van der Waals surface area contributed by atoms with E-state index in [1.165, 1.54) is 5.56 Å². The van der Waals surface area contributed by atoms with Gasteiger partial charge in [-0.2, -0.15) is 5.10 Å². The van der Waals surface area contributed by atoms with Crippen molar-refractivity contribution in [3.05, 3.63) is 94.0 Å². The molecule has 5 nitrogen and oxygen atoms in total. The van der Waals surface area contributed by atoms with Crippen molar-refractivity contribution >= 4 is 39.5 Å². The Bertz CT molecular complexity index is 1100. The van der Waals surface area contributed by atoms with Gasteiger partial charge in [-0.15, -0.1) is 0 Å². The van der Waals surface area contributed by atoms with Crippen LogP contribution in [0.5, 0.6) is 11.5 Å². The van der Waals surface area contributed by atoms with Gasteiger partial charge in [-0.3, -0.25) is 5.43 Å². The fourth-order valence-corrected chi connectivity index (χ4v) is 3.60. The van der Waals surface area contributed by atoms with Crippen LogP contribution in [0.25, 0.3) is 0 Å². The van der Waals surface area contributed by atoms with E-state index in [9.17, 15) is 0 Å². The van der Waals surface area contributed by atoms with Crippen LogP contribution < -0.4 is 20.2 Å². The van der Waals surface area contributed by atoms with E-state index in [2.05, 4.69) is 64.7 Å². The van der Waals surface area contributed by atoms with Gasteiger partial charge in [0.25, 0.3) is 0 Å². The summed E-state index contributed by atoms with van der Waals surface area (Å²) in [6, 6.07) is 24.0. The Hall–Kier alpha value is -2.90. The van der Waals surface area contributed by atoms with E-state index in [-0.39, 0.29) is 5.41 Å². The molecule has 34 heavy (non-hydrogen) atoms. The van der Waals surface area contributed by atoms with Crippen LogP contribution in [0.2, 0.25) is 0 Å². The van der Waals surface area contributed by atoms with Crippen molar-refractivity contribution in [3.8, 4) is 11.5 Å². The molecule has 0 aliphatic carbocycles. The lowest BCUT2D eigenvalue weighted by atomic mass is 9.87. The molecule has 0 saturated heterocycles. The van der Waals surface area contributed by atoms with Gasteiger partial charge < -0.3 is 14.8 Å². The Kier molecular flexibility index (Phi) is 9.48. The van der Waals surface area contributed by atoms with Gasteiger partial charge in [0.2, 0.25) is 0 Å². The lowest BCUT2D eigenvalue weighted by Crippen LogP contribution is -2.31. The fourth-order valence-electron chi connectivity index (χ4n) is 3.09. The minimum atomic E-state index is 0.123. The molecular weight excluding hydrogens is 510 g/mol. The number of benzene rings is 3. The molecule has 0 fully saturated rings. The number of rotatable bonds is 9. The standard InChI is InChI=1S/C27H30BrN3O2S/c1-27(2,3)22-9-12-24(13-10-22)32-15-16-33-25-14-11-23(28)17-21(25)19-30-31-26(34)29-18-20-7-5-4-6-8-20/h4-14,17,19H,15-16,18H2,1-3H3,(H2,29,31,34)/b30-19+. The fraction of sp³-hybridized carbons (Fsp3) is 0.259. The van der Waals surface area contributed by atoms with Crippen LogP contribution in [0.1, 0.15) is 37.5 Å². The zero-order valence-electron chi connectivity index (χ0n) is 19.7. The Morgan fingerprint density at radius 2 is 1.68 bits per heavy atom. The summed E-state index contributed by atoms with van der Waals surface area (Å²) in [4.78, 5) is 0. The van der Waals surface area contributed by atoms with Crippen molar-refractivity contribution in [2.75, 3.05) is 13.2 Å². The Morgan fingerprint density at radius 1 is 0.971 bits per heavy atom. The number of halogens is 1. The van der Waals surface area contributed by atoms with E-state index < -0.39 is 0 Å². The summed E-state index contributed by atoms with van der Waals surface area (Å²) in [6.07, 6.45) is 1.68. The van der Waals surface area contributed by atoms with E-state index in [4.69, 9.17) is 21.7 Å². The first-order valence-electron chi connectivity index (χ1n) is 11.1. The second kappa shape index (κ2) is 12.5. The summed E-state index contributed by atoms with van der Waals surface area (Å²) in [5.41, 5.74) is 6.21. The smallest absolute Gasteiger partial charge is 0.187 e. The Balaban J connectivity index is 1.47. The van der Waals surface area contributed by atoms with Gasteiger partial charge in [0.1, 0.15) is 24.7 Å². The second-order valence-corrected chi connectivity index (χ2v) is 10.0. The third-order valence-corrected chi connectivity index (χ3v) is 5.70. The minimum Gasteiger partial charge on any atom is -0.490 e. The molecule has 0 atom stereocenters. The largest absolute Gasteiger partial charge is 0.490 e. The number of hydrazone groups is 1. The average molecular weight is 541 g/mol. The van der Waals surface area contributed by atoms with Crippen molar-refractivity contribution in [2.45, 2.75) is 32.7 Å². The van der Waals surface area contributed by atoms with Crippen LogP contribution in [-0.4, -0.2) is 24.5 Å². The van der Waals surface area contributed by atoms with Crippen LogP contribution in [0.4, 0.5) is 0 Å². The molecule has 0 aromatic heterocycles. The minimum absolute atomic E-state index is 0.123. The molecule has 0 aliphatic heterocycles. The SMILES string of the molecule is CC(C)(C)c1ccc(OCCOc2ccc(Br)cc2/C=N/NC(=S)NCc2ccccc2)cc1. The molecule has 7 heteroatoms. The number of nitrogens with zero attached hydrogens (tertiary/aromatic N) is 1. The van der Waals surface area contributed by atoms with Crippen LogP contribution in [-0.2, 0) is 12.0 Å². The number of hydrogen-bond acceptors (Lipinski definition) is 4. The van der Waals surface area contributed by atoms with Gasteiger partial charge in [0.15, 0.2) is 5.11 Å².